The van der Waals surface area contributed by atoms with E-state index in [9.17, 15) is 13.9 Å². The first-order valence-electron chi connectivity index (χ1n) is 11.0. The summed E-state index contributed by atoms with van der Waals surface area (Å²) in [5.41, 5.74) is 0.100. The molecule has 0 radical (unpaired) electrons. The maximum Gasteiger partial charge on any atom is 0.394 e. The van der Waals surface area contributed by atoms with Crippen molar-refractivity contribution in [2.75, 3.05) is 32.7 Å². The van der Waals surface area contributed by atoms with Crippen LogP contribution < -0.4 is 4.74 Å². The quantitative estimate of drug-likeness (QED) is 0.719. The van der Waals surface area contributed by atoms with Crippen LogP contribution in [0.4, 0.5) is 8.78 Å². The summed E-state index contributed by atoms with van der Waals surface area (Å²) in [6, 6.07) is 7.50. The Bertz CT molecular complexity index is 649. The average molecular weight is 411 g/mol. The summed E-state index contributed by atoms with van der Waals surface area (Å²) in [6.07, 6.45) is 1.47. The van der Waals surface area contributed by atoms with E-state index in [1.165, 1.54) is 0 Å². The fraction of sp³-hybridized carbons (Fsp3) is 0.739. The van der Waals surface area contributed by atoms with E-state index in [0.29, 0.717) is 6.04 Å². The molecule has 0 bridgehead atoms. The molecule has 2 aliphatic rings. The molecule has 1 aliphatic heterocycles. The van der Waals surface area contributed by atoms with Crippen LogP contribution in [0.3, 0.4) is 0 Å². The SMILES string of the molecule is CC(C)N1CCN(CC(c2cccc(OC(C)(F)F)c2)C2(O)CCCCC2)CC1. The minimum atomic E-state index is -3.22. The van der Waals surface area contributed by atoms with Gasteiger partial charge in [-0.2, -0.15) is 8.78 Å². The van der Waals surface area contributed by atoms with Gasteiger partial charge in [-0.1, -0.05) is 31.4 Å². The molecule has 1 atom stereocenters. The molecule has 164 valence electrons. The minimum absolute atomic E-state index is 0.109. The normalized spacial score (nSPS) is 22.6. The van der Waals surface area contributed by atoms with E-state index < -0.39 is 11.7 Å². The van der Waals surface area contributed by atoms with Crippen LogP contribution in [0.25, 0.3) is 0 Å². The fourth-order valence-electron chi connectivity index (χ4n) is 4.82. The number of rotatable bonds is 7. The molecule has 1 heterocycles. The number of piperazine rings is 1. The summed E-state index contributed by atoms with van der Waals surface area (Å²) in [5.74, 6) is 0.0477. The lowest BCUT2D eigenvalue weighted by atomic mass is 9.72. The van der Waals surface area contributed by atoms with Crippen molar-refractivity contribution in [1.82, 2.24) is 9.80 Å². The van der Waals surface area contributed by atoms with Crippen molar-refractivity contribution in [2.24, 2.45) is 0 Å². The number of ether oxygens (including phenoxy) is 1. The number of aliphatic hydroxyl groups is 1. The Labute approximate surface area is 173 Å². The molecule has 1 N–H and O–H groups in total. The zero-order valence-corrected chi connectivity index (χ0v) is 18.0. The largest absolute Gasteiger partial charge is 0.433 e. The van der Waals surface area contributed by atoms with Crippen LogP contribution in [0.2, 0.25) is 0 Å². The summed E-state index contributed by atoms with van der Waals surface area (Å²) in [6.45, 7) is 9.91. The summed E-state index contributed by atoms with van der Waals surface area (Å²) in [5, 5.41) is 11.6. The Kier molecular flexibility index (Phi) is 7.18. The molecule has 0 aromatic heterocycles. The highest BCUT2D eigenvalue weighted by atomic mass is 19.3. The van der Waals surface area contributed by atoms with E-state index >= 15 is 0 Å². The molecule has 29 heavy (non-hydrogen) atoms. The third-order valence-electron chi connectivity index (χ3n) is 6.50. The molecule has 0 spiro atoms. The van der Waals surface area contributed by atoms with Crippen LogP contribution in [-0.4, -0.2) is 65.4 Å². The Morgan fingerprint density at radius 3 is 2.34 bits per heavy atom. The van der Waals surface area contributed by atoms with Crippen molar-refractivity contribution in [3.8, 4) is 5.75 Å². The molecular weight excluding hydrogens is 374 g/mol. The maximum atomic E-state index is 13.4. The Hall–Kier alpha value is -1.24. The first-order valence-corrected chi connectivity index (χ1v) is 11.0. The van der Waals surface area contributed by atoms with Gasteiger partial charge in [-0.15, -0.1) is 0 Å². The summed E-state index contributed by atoms with van der Waals surface area (Å²) in [4.78, 5) is 4.89. The molecule has 3 rings (SSSR count). The van der Waals surface area contributed by atoms with E-state index in [-0.39, 0.29) is 11.7 Å². The lowest BCUT2D eigenvalue weighted by Gasteiger charge is -2.44. The number of hydrogen-bond donors (Lipinski definition) is 1. The first-order chi connectivity index (χ1) is 13.7. The number of nitrogens with zero attached hydrogens (tertiary/aromatic N) is 2. The molecule has 1 aliphatic carbocycles. The molecular formula is C23H36F2N2O2. The highest BCUT2D eigenvalue weighted by Gasteiger charge is 2.40. The smallest absolute Gasteiger partial charge is 0.394 e. The van der Waals surface area contributed by atoms with Gasteiger partial charge >= 0.3 is 6.11 Å². The van der Waals surface area contributed by atoms with Crippen molar-refractivity contribution in [3.63, 3.8) is 0 Å². The van der Waals surface area contributed by atoms with Crippen molar-refractivity contribution in [3.05, 3.63) is 29.8 Å². The van der Waals surface area contributed by atoms with Gasteiger partial charge in [-0.3, -0.25) is 4.90 Å². The fourth-order valence-corrected chi connectivity index (χ4v) is 4.82. The molecule has 6 heteroatoms. The van der Waals surface area contributed by atoms with Crippen molar-refractivity contribution < 1.29 is 18.6 Å². The van der Waals surface area contributed by atoms with Crippen LogP contribution >= 0.6 is 0 Å². The standard InChI is InChI=1S/C23H36F2N2O2/c1-18(2)27-14-12-26(13-15-27)17-21(23(28)10-5-4-6-11-23)19-8-7-9-20(16-19)29-22(3,24)25/h7-9,16,18,21,28H,4-6,10-15,17H2,1-3H3. The number of alkyl halides is 2. The van der Waals surface area contributed by atoms with Crippen molar-refractivity contribution in [1.29, 1.82) is 0 Å². The van der Waals surface area contributed by atoms with Crippen LogP contribution in [0.1, 0.15) is 64.4 Å². The van der Waals surface area contributed by atoms with E-state index in [1.807, 2.05) is 6.07 Å². The van der Waals surface area contributed by atoms with E-state index in [4.69, 9.17) is 4.74 Å². The van der Waals surface area contributed by atoms with Gasteiger partial charge < -0.3 is 14.7 Å². The second kappa shape index (κ2) is 9.27. The second-order valence-corrected chi connectivity index (χ2v) is 9.13. The zero-order valence-electron chi connectivity index (χ0n) is 18.0. The highest BCUT2D eigenvalue weighted by molar-refractivity contribution is 5.33. The Morgan fingerprint density at radius 1 is 1.10 bits per heavy atom. The lowest BCUT2D eigenvalue weighted by molar-refractivity contribution is -0.159. The van der Waals surface area contributed by atoms with Crippen molar-refractivity contribution in [2.45, 2.75) is 76.5 Å². The lowest BCUT2D eigenvalue weighted by Crippen LogP contribution is -2.52. The third-order valence-corrected chi connectivity index (χ3v) is 6.50. The Balaban J connectivity index is 1.80. The van der Waals surface area contributed by atoms with Crippen LogP contribution in [0, 0.1) is 0 Å². The van der Waals surface area contributed by atoms with Gasteiger partial charge in [0.25, 0.3) is 0 Å². The van der Waals surface area contributed by atoms with Gasteiger partial charge in [0.2, 0.25) is 0 Å². The van der Waals surface area contributed by atoms with Crippen LogP contribution in [0.15, 0.2) is 24.3 Å². The van der Waals surface area contributed by atoms with Gasteiger partial charge in [0.15, 0.2) is 0 Å². The van der Waals surface area contributed by atoms with Crippen molar-refractivity contribution >= 4 is 0 Å². The monoisotopic (exact) mass is 410 g/mol. The summed E-state index contributed by atoms with van der Waals surface area (Å²) < 4.78 is 31.5. The Morgan fingerprint density at radius 2 is 1.76 bits per heavy atom. The summed E-state index contributed by atoms with van der Waals surface area (Å²) in [7, 11) is 0. The van der Waals surface area contributed by atoms with Gasteiger partial charge in [0.05, 0.1) is 5.60 Å². The van der Waals surface area contributed by atoms with E-state index in [0.717, 1.165) is 77.3 Å². The number of benzene rings is 1. The topological polar surface area (TPSA) is 35.9 Å². The second-order valence-electron chi connectivity index (χ2n) is 9.13. The molecule has 4 nitrogen and oxygen atoms in total. The predicted molar refractivity (Wildman–Crippen MR) is 112 cm³/mol. The van der Waals surface area contributed by atoms with Crippen LogP contribution in [-0.2, 0) is 0 Å². The van der Waals surface area contributed by atoms with Gasteiger partial charge in [0.1, 0.15) is 5.75 Å². The molecule has 2 fully saturated rings. The van der Waals surface area contributed by atoms with Crippen LogP contribution in [0.5, 0.6) is 5.75 Å². The number of hydrogen-bond acceptors (Lipinski definition) is 4. The zero-order chi connectivity index (χ0) is 21.1. The van der Waals surface area contributed by atoms with Gasteiger partial charge in [0, 0.05) is 51.6 Å². The average Bonchev–Trinajstić information content (AvgIpc) is 2.66. The van der Waals surface area contributed by atoms with E-state index in [1.54, 1.807) is 18.2 Å². The molecule has 1 unspecified atom stereocenters. The molecule has 1 saturated carbocycles. The van der Waals surface area contributed by atoms with Gasteiger partial charge in [-0.05, 0) is 44.4 Å². The molecule has 1 saturated heterocycles. The summed E-state index contributed by atoms with van der Waals surface area (Å²) >= 11 is 0. The highest BCUT2D eigenvalue weighted by Crippen LogP contribution is 2.41. The maximum absolute atomic E-state index is 13.4. The third kappa shape index (κ3) is 6.12. The predicted octanol–water partition coefficient (Wildman–Crippen LogP) is 4.48. The first kappa shape index (κ1) is 22.4. The van der Waals surface area contributed by atoms with Gasteiger partial charge in [-0.25, -0.2) is 0 Å². The molecule has 1 aromatic carbocycles. The molecule has 0 amide bonds. The minimum Gasteiger partial charge on any atom is -0.433 e. The molecule has 1 aromatic rings. The van der Waals surface area contributed by atoms with E-state index in [2.05, 4.69) is 23.6 Å². The number of halogens is 2.